The minimum absolute atomic E-state index is 0.837. The SMILES string of the molecule is COc1cc2cccnc2n1C. The molecule has 3 heteroatoms. The molecular weight excluding hydrogens is 152 g/mol. The van der Waals surface area contributed by atoms with Gasteiger partial charge in [0.2, 0.25) is 0 Å². The molecule has 3 nitrogen and oxygen atoms in total. The van der Waals surface area contributed by atoms with E-state index >= 15 is 0 Å². The first kappa shape index (κ1) is 7.16. The van der Waals surface area contributed by atoms with Crippen molar-refractivity contribution < 1.29 is 4.74 Å². The molecule has 2 heterocycles. The van der Waals surface area contributed by atoms with Crippen molar-refractivity contribution in [2.45, 2.75) is 0 Å². The molecule has 0 aliphatic carbocycles. The number of aryl methyl sites for hydroxylation is 1. The summed E-state index contributed by atoms with van der Waals surface area (Å²) >= 11 is 0. The second-order valence-corrected chi connectivity index (χ2v) is 2.66. The fourth-order valence-corrected chi connectivity index (χ4v) is 1.33. The van der Waals surface area contributed by atoms with Crippen LogP contribution in [-0.4, -0.2) is 16.7 Å². The second-order valence-electron chi connectivity index (χ2n) is 2.66. The molecule has 0 saturated heterocycles. The van der Waals surface area contributed by atoms with Gasteiger partial charge in [-0.15, -0.1) is 0 Å². The van der Waals surface area contributed by atoms with Crippen LogP contribution in [0.15, 0.2) is 24.4 Å². The van der Waals surface area contributed by atoms with E-state index in [1.54, 1.807) is 13.3 Å². The third-order valence-electron chi connectivity index (χ3n) is 1.95. The van der Waals surface area contributed by atoms with Gasteiger partial charge < -0.3 is 4.74 Å². The molecule has 0 atom stereocenters. The number of nitrogens with zero attached hydrogens (tertiary/aromatic N) is 2. The molecule has 2 aromatic heterocycles. The highest BCUT2D eigenvalue weighted by atomic mass is 16.5. The van der Waals surface area contributed by atoms with Gasteiger partial charge in [0, 0.05) is 24.7 Å². The largest absolute Gasteiger partial charge is 0.482 e. The molecule has 62 valence electrons. The Hall–Kier alpha value is -1.51. The van der Waals surface area contributed by atoms with Gasteiger partial charge in [-0.05, 0) is 12.1 Å². The Labute approximate surface area is 70.6 Å². The van der Waals surface area contributed by atoms with E-state index in [0.29, 0.717) is 0 Å². The van der Waals surface area contributed by atoms with E-state index in [-0.39, 0.29) is 0 Å². The Kier molecular flexibility index (Phi) is 1.50. The van der Waals surface area contributed by atoms with Gasteiger partial charge in [0.25, 0.3) is 0 Å². The number of hydrogen-bond donors (Lipinski definition) is 0. The normalized spacial score (nSPS) is 10.5. The topological polar surface area (TPSA) is 27.1 Å². The standard InChI is InChI=1S/C9H10N2O/c1-11-8(12-2)6-7-4-3-5-10-9(7)11/h3-6H,1-2H3. The lowest BCUT2D eigenvalue weighted by Crippen LogP contribution is -1.93. The first-order valence-corrected chi connectivity index (χ1v) is 3.77. The zero-order chi connectivity index (χ0) is 8.55. The minimum atomic E-state index is 0.837. The van der Waals surface area contributed by atoms with Crippen molar-refractivity contribution in [2.75, 3.05) is 7.11 Å². The number of fused-ring (bicyclic) bond motifs is 1. The van der Waals surface area contributed by atoms with Gasteiger partial charge >= 0.3 is 0 Å². The second kappa shape index (κ2) is 2.52. The number of rotatable bonds is 1. The maximum atomic E-state index is 5.15. The van der Waals surface area contributed by atoms with Gasteiger partial charge in [-0.25, -0.2) is 4.98 Å². The van der Waals surface area contributed by atoms with E-state index < -0.39 is 0 Å². The lowest BCUT2D eigenvalue weighted by Gasteiger charge is -1.99. The summed E-state index contributed by atoms with van der Waals surface area (Å²) in [7, 11) is 3.60. The zero-order valence-electron chi connectivity index (χ0n) is 7.11. The van der Waals surface area contributed by atoms with E-state index in [4.69, 9.17) is 4.74 Å². The van der Waals surface area contributed by atoms with E-state index in [1.165, 1.54) is 0 Å². The quantitative estimate of drug-likeness (QED) is 0.636. The van der Waals surface area contributed by atoms with Crippen LogP contribution in [0.3, 0.4) is 0 Å². The third-order valence-corrected chi connectivity index (χ3v) is 1.95. The maximum absolute atomic E-state index is 5.15. The summed E-state index contributed by atoms with van der Waals surface area (Å²) in [6, 6.07) is 5.91. The molecule has 0 fully saturated rings. The van der Waals surface area contributed by atoms with Crippen molar-refractivity contribution in [3.63, 3.8) is 0 Å². The van der Waals surface area contributed by atoms with E-state index in [0.717, 1.165) is 16.9 Å². The van der Waals surface area contributed by atoms with Crippen LogP contribution in [0.4, 0.5) is 0 Å². The number of aromatic nitrogens is 2. The van der Waals surface area contributed by atoms with Crippen LogP contribution in [0, 0.1) is 0 Å². The fraction of sp³-hybridized carbons (Fsp3) is 0.222. The van der Waals surface area contributed by atoms with Gasteiger partial charge in [0.05, 0.1) is 7.11 Å². The van der Waals surface area contributed by atoms with Gasteiger partial charge in [-0.2, -0.15) is 0 Å². The van der Waals surface area contributed by atoms with Crippen LogP contribution in [-0.2, 0) is 7.05 Å². The van der Waals surface area contributed by atoms with Crippen LogP contribution in [0.25, 0.3) is 11.0 Å². The summed E-state index contributed by atoms with van der Waals surface area (Å²) in [5.41, 5.74) is 0.953. The average molecular weight is 162 g/mol. The molecule has 0 radical (unpaired) electrons. The van der Waals surface area contributed by atoms with Crippen molar-refractivity contribution >= 4 is 11.0 Å². The van der Waals surface area contributed by atoms with E-state index in [1.807, 2.05) is 29.8 Å². The summed E-state index contributed by atoms with van der Waals surface area (Å²) in [5, 5.41) is 1.11. The summed E-state index contributed by atoms with van der Waals surface area (Å²) in [5.74, 6) is 0.837. The van der Waals surface area contributed by atoms with Gasteiger partial charge in [-0.3, -0.25) is 4.57 Å². The molecule has 2 rings (SSSR count). The number of hydrogen-bond acceptors (Lipinski definition) is 2. The van der Waals surface area contributed by atoms with Crippen LogP contribution >= 0.6 is 0 Å². The predicted molar refractivity (Wildman–Crippen MR) is 47.3 cm³/mol. The Morgan fingerprint density at radius 1 is 1.50 bits per heavy atom. The molecule has 0 aromatic carbocycles. The van der Waals surface area contributed by atoms with Crippen LogP contribution in [0.5, 0.6) is 5.88 Å². The first-order chi connectivity index (χ1) is 5.83. The summed E-state index contributed by atoms with van der Waals surface area (Å²) in [6.45, 7) is 0. The smallest absolute Gasteiger partial charge is 0.195 e. The monoisotopic (exact) mass is 162 g/mol. The third kappa shape index (κ3) is 0.863. The molecule has 0 N–H and O–H groups in total. The number of methoxy groups -OCH3 is 1. The molecule has 0 unspecified atom stereocenters. The molecular formula is C9H10N2O. The molecule has 12 heavy (non-hydrogen) atoms. The highest BCUT2D eigenvalue weighted by molar-refractivity contribution is 5.78. The Balaban J connectivity index is 2.78. The van der Waals surface area contributed by atoms with Gasteiger partial charge in [0.1, 0.15) is 5.65 Å². The summed E-state index contributed by atoms with van der Waals surface area (Å²) in [4.78, 5) is 4.23. The summed E-state index contributed by atoms with van der Waals surface area (Å²) in [6.07, 6.45) is 1.78. The van der Waals surface area contributed by atoms with Gasteiger partial charge in [-0.1, -0.05) is 0 Å². The predicted octanol–water partition coefficient (Wildman–Crippen LogP) is 1.58. The molecule has 2 aromatic rings. The minimum Gasteiger partial charge on any atom is -0.482 e. The number of ether oxygens (including phenoxy) is 1. The molecule has 0 saturated carbocycles. The van der Waals surface area contributed by atoms with Gasteiger partial charge in [0.15, 0.2) is 5.88 Å². The summed E-state index contributed by atoms with van der Waals surface area (Å²) < 4.78 is 7.08. The van der Waals surface area contributed by atoms with Crippen LogP contribution in [0.1, 0.15) is 0 Å². The Morgan fingerprint density at radius 2 is 2.33 bits per heavy atom. The molecule has 0 spiro atoms. The lowest BCUT2D eigenvalue weighted by molar-refractivity contribution is 0.384. The Morgan fingerprint density at radius 3 is 3.00 bits per heavy atom. The highest BCUT2D eigenvalue weighted by Gasteiger charge is 2.04. The van der Waals surface area contributed by atoms with Crippen LogP contribution in [0.2, 0.25) is 0 Å². The molecule has 0 amide bonds. The highest BCUT2D eigenvalue weighted by Crippen LogP contribution is 2.21. The van der Waals surface area contributed by atoms with Crippen LogP contribution < -0.4 is 4.74 Å². The van der Waals surface area contributed by atoms with Crippen molar-refractivity contribution in [1.82, 2.24) is 9.55 Å². The van der Waals surface area contributed by atoms with Crippen molar-refractivity contribution in [1.29, 1.82) is 0 Å². The maximum Gasteiger partial charge on any atom is 0.195 e. The average Bonchev–Trinajstić information content (AvgIpc) is 2.44. The lowest BCUT2D eigenvalue weighted by atomic mass is 10.3. The van der Waals surface area contributed by atoms with E-state index in [2.05, 4.69) is 4.98 Å². The fourth-order valence-electron chi connectivity index (χ4n) is 1.33. The Bertz CT molecular complexity index is 406. The number of pyridine rings is 1. The zero-order valence-corrected chi connectivity index (χ0v) is 7.11. The molecule has 0 bridgehead atoms. The van der Waals surface area contributed by atoms with Crippen molar-refractivity contribution in [2.24, 2.45) is 7.05 Å². The van der Waals surface area contributed by atoms with Crippen molar-refractivity contribution in [3.8, 4) is 5.88 Å². The van der Waals surface area contributed by atoms with E-state index in [9.17, 15) is 0 Å². The first-order valence-electron chi connectivity index (χ1n) is 3.77. The molecule has 0 aliphatic heterocycles. The van der Waals surface area contributed by atoms with Crippen molar-refractivity contribution in [3.05, 3.63) is 24.4 Å². The molecule has 0 aliphatic rings.